The van der Waals surface area contributed by atoms with Crippen molar-refractivity contribution < 1.29 is 4.79 Å². The van der Waals surface area contributed by atoms with E-state index >= 15 is 0 Å². The Hall–Kier alpha value is -1.51. The molecule has 1 fully saturated rings. The number of rotatable bonds is 3. The fourth-order valence-electron chi connectivity index (χ4n) is 2.50. The van der Waals surface area contributed by atoms with Crippen LogP contribution in [0.25, 0.3) is 0 Å². The van der Waals surface area contributed by atoms with Gasteiger partial charge in [-0.05, 0) is 37.3 Å². The van der Waals surface area contributed by atoms with Gasteiger partial charge in [0.2, 0.25) is 5.91 Å². The minimum absolute atomic E-state index is 0.0893. The SMILES string of the molecule is CC(NC(=O)[C@@H]1Cc2ccccc2N1)C1CC1. The van der Waals surface area contributed by atoms with E-state index in [0.717, 1.165) is 12.1 Å². The highest BCUT2D eigenvalue weighted by atomic mass is 16.2. The summed E-state index contributed by atoms with van der Waals surface area (Å²) in [5, 5.41) is 6.40. The summed E-state index contributed by atoms with van der Waals surface area (Å²) in [5.74, 6) is 0.850. The maximum Gasteiger partial charge on any atom is 0.243 e. The second kappa shape index (κ2) is 4.06. The third-order valence-electron chi connectivity index (χ3n) is 3.79. The zero-order chi connectivity index (χ0) is 11.8. The highest BCUT2D eigenvalue weighted by molar-refractivity contribution is 5.87. The first-order valence-corrected chi connectivity index (χ1v) is 6.39. The molecule has 1 aromatic carbocycles. The average Bonchev–Trinajstić information content (AvgIpc) is 3.08. The summed E-state index contributed by atoms with van der Waals surface area (Å²) in [6, 6.07) is 8.38. The standard InChI is InChI=1S/C14H18N2O/c1-9(10-6-7-10)15-14(17)13-8-11-4-2-3-5-12(11)16-13/h2-5,9-10,13,16H,6-8H2,1H3,(H,15,17)/t9?,13-/m0/s1. The smallest absolute Gasteiger partial charge is 0.243 e. The topological polar surface area (TPSA) is 41.1 Å². The van der Waals surface area contributed by atoms with Gasteiger partial charge < -0.3 is 10.6 Å². The van der Waals surface area contributed by atoms with E-state index in [4.69, 9.17) is 0 Å². The fourth-order valence-corrected chi connectivity index (χ4v) is 2.50. The molecule has 1 aliphatic heterocycles. The molecule has 2 N–H and O–H groups in total. The molecular weight excluding hydrogens is 212 g/mol. The molecule has 3 nitrogen and oxygen atoms in total. The van der Waals surface area contributed by atoms with Crippen LogP contribution in [0.4, 0.5) is 5.69 Å². The number of hydrogen-bond acceptors (Lipinski definition) is 2. The molecule has 0 saturated heterocycles. The van der Waals surface area contributed by atoms with Gasteiger partial charge in [0.05, 0.1) is 0 Å². The van der Waals surface area contributed by atoms with Crippen molar-refractivity contribution in [1.29, 1.82) is 0 Å². The van der Waals surface area contributed by atoms with Gasteiger partial charge in [0.1, 0.15) is 6.04 Å². The van der Waals surface area contributed by atoms with Crippen molar-refractivity contribution in [3.8, 4) is 0 Å². The van der Waals surface area contributed by atoms with Gasteiger partial charge in [0.25, 0.3) is 0 Å². The van der Waals surface area contributed by atoms with Crippen molar-refractivity contribution in [2.45, 2.75) is 38.3 Å². The number of carbonyl (C=O) groups excluding carboxylic acids is 1. The minimum atomic E-state index is -0.0893. The highest BCUT2D eigenvalue weighted by Gasteiger charge is 2.32. The number of nitrogens with one attached hydrogen (secondary N) is 2. The van der Waals surface area contributed by atoms with Crippen LogP contribution in [-0.4, -0.2) is 18.0 Å². The highest BCUT2D eigenvalue weighted by Crippen LogP contribution is 2.32. The molecule has 0 radical (unpaired) electrons. The van der Waals surface area contributed by atoms with E-state index in [9.17, 15) is 4.79 Å². The number of benzene rings is 1. The zero-order valence-electron chi connectivity index (χ0n) is 10.1. The van der Waals surface area contributed by atoms with Gasteiger partial charge >= 0.3 is 0 Å². The van der Waals surface area contributed by atoms with Gasteiger partial charge in [0.15, 0.2) is 0 Å². The number of fused-ring (bicyclic) bond motifs is 1. The maximum absolute atomic E-state index is 12.1. The average molecular weight is 230 g/mol. The first-order chi connectivity index (χ1) is 8.24. The minimum Gasteiger partial charge on any atom is -0.373 e. The molecule has 0 bridgehead atoms. The van der Waals surface area contributed by atoms with Gasteiger partial charge in [-0.1, -0.05) is 18.2 Å². The van der Waals surface area contributed by atoms with Crippen LogP contribution in [0.2, 0.25) is 0 Å². The molecule has 2 atom stereocenters. The number of anilines is 1. The molecule has 3 rings (SSSR count). The molecule has 1 heterocycles. The Bertz CT molecular complexity index is 415. The largest absolute Gasteiger partial charge is 0.373 e. The summed E-state index contributed by atoms with van der Waals surface area (Å²) in [6.45, 7) is 2.11. The van der Waals surface area contributed by atoms with Crippen LogP contribution in [0.5, 0.6) is 0 Å². The molecule has 17 heavy (non-hydrogen) atoms. The first-order valence-electron chi connectivity index (χ1n) is 6.39. The van der Waals surface area contributed by atoms with E-state index in [-0.39, 0.29) is 11.9 Å². The van der Waals surface area contributed by atoms with Crippen molar-refractivity contribution in [3.05, 3.63) is 29.8 Å². The molecule has 1 unspecified atom stereocenters. The Morgan fingerprint density at radius 2 is 2.18 bits per heavy atom. The second-order valence-electron chi connectivity index (χ2n) is 5.19. The molecule has 0 aromatic heterocycles. The van der Waals surface area contributed by atoms with Gasteiger partial charge in [-0.25, -0.2) is 0 Å². The summed E-state index contributed by atoms with van der Waals surface area (Å²) < 4.78 is 0. The lowest BCUT2D eigenvalue weighted by Crippen LogP contribution is -2.43. The zero-order valence-corrected chi connectivity index (χ0v) is 10.1. The lowest BCUT2D eigenvalue weighted by Gasteiger charge is -2.17. The molecule has 2 aliphatic rings. The van der Waals surface area contributed by atoms with Gasteiger partial charge in [-0.3, -0.25) is 4.79 Å². The Balaban J connectivity index is 1.61. The third kappa shape index (κ3) is 2.14. The molecule has 1 aliphatic carbocycles. The van der Waals surface area contributed by atoms with Gasteiger partial charge in [0, 0.05) is 18.2 Å². The lowest BCUT2D eigenvalue weighted by atomic mass is 10.1. The van der Waals surface area contributed by atoms with Gasteiger partial charge in [-0.15, -0.1) is 0 Å². The normalized spacial score (nSPS) is 23.7. The van der Waals surface area contributed by atoms with Crippen molar-refractivity contribution in [3.63, 3.8) is 0 Å². The molecule has 90 valence electrons. The Labute approximate surface area is 102 Å². The van der Waals surface area contributed by atoms with Crippen molar-refractivity contribution in [1.82, 2.24) is 5.32 Å². The fraction of sp³-hybridized carbons (Fsp3) is 0.500. The number of amides is 1. The van der Waals surface area contributed by atoms with Crippen LogP contribution in [0.3, 0.4) is 0 Å². The summed E-state index contributed by atoms with van der Waals surface area (Å²) in [5.41, 5.74) is 2.35. The van der Waals surface area contributed by atoms with E-state index in [1.54, 1.807) is 0 Å². The van der Waals surface area contributed by atoms with E-state index in [2.05, 4.69) is 23.6 Å². The second-order valence-corrected chi connectivity index (χ2v) is 5.19. The van der Waals surface area contributed by atoms with Crippen LogP contribution in [0, 0.1) is 5.92 Å². The molecule has 0 spiro atoms. The summed E-state index contributed by atoms with van der Waals surface area (Å²) in [7, 11) is 0. The summed E-state index contributed by atoms with van der Waals surface area (Å²) in [6.07, 6.45) is 3.33. The Morgan fingerprint density at radius 3 is 2.88 bits per heavy atom. The number of para-hydroxylation sites is 1. The maximum atomic E-state index is 12.1. The predicted octanol–water partition coefficient (Wildman–Crippen LogP) is 1.94. The van der Waals surface area contributed by atoms with Crippen LogP contribution in [-0.2, 0) is 11.2 Å². The molecule has 3 heteroatoms. The van der Waals surface area contributed by atoms with E-state index in [1.807, 2.05) is 18.2 Å². The summed E-state index contributed by atoms with van der Waals surface area (Å²) >= 11 is 0. The number of carbonyl (C=O) groups is 1. The first kappa shape index (κ1) is 10.6. The number of hydrogen-bond donors (Lipinski definition) is 2. The monoisotopic (exact) mass is 230 g/mol. The van der Waals surface area contributed by atoms with Crippen LogP contribution in [0.1, 0.15) is 25.3 Å². The van der Waals surface area contributed by atoms with E-state index in [0.29, 0.717) is 12.0 Å². The molecular formula is C14H18N2O. The lowest BCUT2D eigenvalue weighted by molar-refractivity contribution is -0.122. The van der Waals surface area contributed by atoms with Crippen molar-refractivity contribution in [2.75, 3.05) is 5.32 Å². The van der Waals surface area contributed by atoms with Gasteiger partial charge in [-0.2, -0.15) is 0 Å². The molecule has 1 saturated carbocycles. The Morgan fingerprint density at radius 1 is 1.41 bits per heavy atom. The van der Waals surface area contributed by atoms with Crippen molar-refractivity contribution >= 4 is 11.6 Å². The van der Waals surface area contributed by atoms with E-state index < -0.39 is 0 Å². The van der Waals surface area contributed by atoms with Crippen LogP contribution < -0.4 is 10.6 Å². The summed E-state index contributed by atoms with van der Waals surface area (Å²) in [4.78, 5) is 12.1. The third-order valence-corrected chi connectivity index (χ3v) is 3.79. The van der Waals surface area contributed by atoms with E-state index in [1.165, 1.54) is 18.4 Å². The van der Waals surface area contributed by atoms with Crippen molar-refractivity contribution in [2.24, 2.45) is 5.92 Å². The Kier molecular flexibility index (Phi) is 2.54. The van der Waals surface area contributed by atoms with Crippen LogP contribution in [0.15, 0.2) is 24.3 Å². The molecule has 1 aromatic rings. The quantitative estimate of drug-likeness (QED) is 0.833. The van der Waals surface area contributed by atoms with Crippen LogP contribution >= 0.6 is 0 Å². The molecule has 1 amide bonds. The predicted molar refractivity (Wildman–Crippen MR) is 67.9 cm³/mol.